The number of nitrogens with two attached hydrogens (primary N) is 1. The van der Waals surface area contributed by atoms with Gasteiger partial charge in [-0.25, -0.2) is 0 Å². The van der Waals surface area contributed by atoms with Crippen molar-refractivity contribution in [3.63, 3.8) is 0 Å². The van der Waals surface area contributed by atoms with E-state index < -0.39 is 0 Å². The van der Waals surface area contributed by atoms with E-state index in [0.29, 0.717) is 0 Å². The summed E-state index contributed by atoms with van der Waals surface area (Å²) in [5.41, 5.74) is 5.67. The third-order valence-corrected chi connectivity index (χ3v) is 3.49. The predicted molar refractivity (Wildman–Crippen MR) is 77.2 cm³/mol. The Morgan fingerprint density at radius 1 is 1.47 bits per heavy atom. The molecule has 100 valence electrons. The van der Waals surface area contributed by atoms with Crippen LogP contribution in [0.25, 0.3) is 0 Å². The molecule has 2 atom stereocenters. The van der Waals surface area contributed by atoms with Gasteiger partial charge in [-0.2, -0.15) is 11.8 Å². The van der Waals surface area contributed by atoms with Gasteiger partial charge < -0.3 is 11.1 Å². The Kier molecular flexibility index (Phi) is 10.4. The van der Waals surface area contributed by atoms with Crippen LogP contribution in [0.1, 0.15) is 33.1 Å². The van der Waals surface area contributed by atoms with Crippen molar-refractivity contribution < 1.29 is 4.79 Å². The summed E-state index contributed by atoms with van der Waals surface area (Å²) in [6.07, 6.45) is 4.82. The molecule has 0 bridgehead atoms. The van der Waals surface area contributed by atoms with Crippen LogP contribution in [0, 0.1) is 5.92 Å². The first kappa shape index (κ1) is 16.5. The number of thioether (sulfide) groups is 1. The summed E-state index contributed by atoms with van der Waals surface area (Å²) < 4.78 is 0. The molecule has 17 heavy (non-hydrogen) atoms. The van der Waals surface area contributed by atoms with E-state index in [0.717, 1.165) is 37.3 Å². The fourth-order valence-electron chi connectivity index (χ4n) is 1.46. The van der Waals surface area contributed by atoms with Crippen LogP contribution >= 0.6 is 11.8 Å². The van der Waals surface area contributed by atoms with Gasteiger partial charge in [0.2, 0.25) is 5.91 Å². The molecule has 0 spiro atoms. The van der Waals surface area contributed by atoms with Crippen molar-refractivity contribution in [1.29, 1.82) is 0 Å². The summed E-state index contributed by atoms with van der Waals surface area (Å²) in [7, 11) is 0. The van der Waals surface area contributed by atoms with Gasteiger partial charge in [0.25, 0.3) is 0 Å². The molecule has 0 aromatic rings. The standard InChI is InChI=1S/C13H26N2OS/c1-4-9-17-10-8-15-13(16)11(2)6-5-7-12(3)14/h4,11-12H,1,5-10,14H2,2-3H3,(H,15,16). The molecule has 0 rings (SSSR count). The second-order valence-electron chi connectivity index (χ2n) is 4.46. The molecule has 0 fully saturated rings. The van der Waals surface area contributed by atoms with E-state index in [-0.39, 0.29) is 17.9 Å². The summed E-state index contributed by atoms with van der Waals surface area (Å²) in [4.78, 5) is 11.7. The lowest BCUT2D eigenvalue weighted by atomic mass is 10.0. The molecule has 2 unspecified atom stereocenters. The highest BCUT2D eigenvalue weighted by Gasteiger charge is 2.11. The number of nitrogens with one attached hydrogen (secondary N) is 1. The van der Waals surface area contributed by atoms with Crippen LogP contribution in [-0.4, -0.2) is 30.0 Å². The summed E-state index contributed by atoms with van der Waals surface area (Å²) >= 11 is 1.78. The van der Waals surface area contributed by atoms with E-state index in [2.05, 4.69) is 11.9 Å². The van der Waals surface area contributed by atoms with Crippen LogP contribution in [0.3, 0.4) is 0 Å². The monoisotopic (exact) mass is 258 g/mol. The third-order valence-electron chi connectivity index (χ3n) is 2.53. The van der Waals surface area contributed by atoms with Gasteiger partial charge in [-0.15, -0.1) is 6.58 Å². The molecule has 0 aliphatic rings. The topological polar surface area (TPSA) is 55.1 Å². The van der Waals surface area contributed by atoms with Crippen molar-refractivity contribution >= 4 is 17.7 Å². The maximum atomic E-state index is 11.7. The molecule has 0 aliphatic carbocycles. The molecule has 0 heterocycles. The van der Waals surface area contributed by atoms with Crippen molar-refractivity contribution in [2.24, 2.45) is 11.7 Å². The highest BCUT2D eigenvalue weighted by atomic mass is 32.2. The summed E-state index contributed by atoms with van der Waals surface area (Å²) in [5.74, 6) is 2.15. The number of hydrogen-bond acceptors (Lipinski definition) is 3. The third kappa shape index (κ3) is 10.4. The second-order valence-corrected chi connectivity index (χ2v) is 5.61. The molecular weight excluding hydrogens is 232 g/mol. The molecule has 1 amide bonds. The largest absolute Gasteiger partial charge is 0.355 e. The Morgan fingerprint density at radius 3 is 2.76 bits per heavy atom. The second kappa shape index (κ2) is 10.7. The van der Waals surface area contributed by atoms with E-state index in [1.165, 1.54) is 0 Å². The zero-order valence-electron chi connectivity index (χ0n) is 11.1. The number of amides is 1. The van der Waals surface area contributed by atoms with Gasteiger partial charge in [-0.05, 0) is 19.8 Å². The van der Waals surface area contributed by atoms with E-state index in [1.54, 1.807) is 11.8 Å². The lowest BCUT2D eigenvalue weighted by Gasteiger charge is -2.12. The van der Waals surface area contributed by atoms with Crippen molar-refractivity contribution in [2.75, 3.05) is 18.1 Å². The van der Waals surface area contributed by atoms with Crippen LogP contribution < -0.4 is 11.1 Å². The van der Waals surface area contributed by atoms with Crippen molar-refractivity contribution in [3.8, 4) is 0 Å². The highest BCUT2D eigenvalue weighted by molar-refractivity contribution is 7.99. The summed E-state index contributed by atoms with van der Waals surface area (Å²) in [6.45, 7) is 8.38. The van der Waals surface area contributed by atoms with Gasteiger partial charge in [-0.1, -0.05) is 19.4 Å². The van der Waals surface area contributed by atoms with Gasteiger partial charge in [0.05, 0.1) is 0 Å². The smallest absolute Gasteiger partial charge is 0.222 e. The molecule has 0 saturated heterocycles. The first-order valence-corrected chi connectivity index (χ1v) is 7.45. The van der Waals surface area contributed by atoms with Crippen molar-refractivity contribution in [2.45, 2.75) is 39.2 Å². The molecular formula is C13H26N2OS. The number of carbonyl (C=O) groups is 1. The summed E-state index contributed by atoms with van der Waals surface area (Å²) in [5, 5.41) is 2.95. The predicted octanol–water partition coefficient (Wildman–Crippen LogP) is 2.18. The minimum absolute atomic E-state index is 0.0955. The first-order valence-electron chi connectivity index (χ1n) is 6.29. The first-order chi connectivity index (χ1) is 8.07. The Bertz CT molecular complexity index is 219. The van der Waals surface area contributed by atoms with Gasteiger partial charge in [0, 0.05) is 30.0 Å². The number of rotatable bonds is 10. The lowest BCUT2D eigenvalue weighted by molar-refractivity contribution is -0.124. The van der Waals surface area contributed by atoms with Gasteiger partial charge in [0.15, 0.2) is 0 Å². The van der Waals surface area contributed by atoms with E-state index >= 15 is 0 Å². The van der Waals surface area contributed by atoms with Crippen molar-refractivity contribution in [3.05, 3.63) is 12.7 Å². The van der Waals surface area contributed by atoms with E-state index in [1.807, 2.05) is 19.9 Å². The Morgan fingerprint density at radius 2 is 2.18 bits per heavy atom. The van der Waals surface area contributed by atoms with E-state index in [9.17, 15) is 4.79 Å². The van der Waals surface area contributed by atoms with Crippen molar-refractivity contribution in [1.82, 2.24) is 5.32 Å². The fourth-order valence-corrected chi connectivity index (χ4v) is 2.04. The fraction of sp³-hybridized carbons (Fsp3) is 0.769. The highest BCUT2D eigenvalue weighted by Crippen LogP contribution is 2.09. The molecule has 0 radical (unpaired) electrons. The van der Waals surface area contributed by atoms with Crippen LogP contribution in [0.4, 0.5) is 0 Å². The number of hydrogen-bond donors (Lipinski definition) is 2. The minimum atomic E-state index is 0.0955. The Labute approximate surface area is 110 Å². The Hall–Kier alpha value is -0.480. The number of carbonyl (C=O) groups excluding carboxylic acids is 1. The quantitative estimate of drug-likeness (QED) is 0.466. The molecule has 4 heteroatoms. The molecule has 0 aromatic carbocycles. The average molecular weight is 258 g/mol. The van der Waals surface area contributed by atoms with E-state index in [4.69, 9.17) is 5.73 Å². The van der Waals surface area contributed by atoms with Crippen LogP contribution in [0.2, 0.25) is 0 Å². The van der Waals surface area contributed by atoms with Gasteiger partial charge in [-0.3, -0.25) is 4.79 Å². The summed E-state index contributed by atoms with van der Waals surface area (Å²) in [6, 6.07) is 0.237. The maximum absolute atomic E-state index is 11.7. The van der Waals surface area contributed by atoms with Gasteiger partial charge in [0.1, 0.15) is 0 Å². The SMILES string of the molecule is C=CCSCCNC(=O)C(C)CCCC(C)N. The lowest BCUT2D eigenvalue weighted by Crippen LogP contribution is -2.31. The molecule has 3 N–H and O–H groups in total. The normalized spacial score (nSPS) is 14.1. The molecule has 0 aliphatic heterocycles. The molecule has 0 aromatic heterocycles. The molecule has 3 nitrogen and oxygen atoms in total. The van der Waals surface area contributed by atoms with Gasteiger partial charge >= 0.3 is 0 Å². The van der Waals surface area contributed by atoms with Crippen LogP contribution in [0.15, 0.2) is 12.7 Å². The Balaban J connectivity index is 3.50. The average Bonchev–Trinajstić information content (AvgIpc) is 2.27. The zero-order chi connectivity index (χ0) is 13.1. The van der Waals surface area contributed by atoms with Crippen LogP contribution in [0.5, 0.6) is 0 Å². The van der Waals surface area contributed by atoms with Crippen LogP contribution in [-0.2, 0) is 4.79 Å². The minimum Gasteiger partial charge on any atom is -0.355 e. The molecule has 0 saturated carbocycles. The zero-order valence-corrected chi connectivity index (χ0v) is 11.9. The maximum Gasteiger partial charge on any atom is 0.222 e.